The molecule has 0 spiro atoms. The molecule has 0 saturated heterocycles. The van der Waals surface area contributed by atoms with Crippen LogP contribution in [-0.4, -0.2) is 22.2 Å². The predicted octanol–water partition coefficient (Wildman–Crippen LogP) is 2.82. The van der Waals surface area contributed by atoms with Crippen LogP contribution in [0.2, 0.25) is 0 Å². The van der Waals surface area contributed by atoms with E-state index in [9.17, 15) is 4.79 Å². The maximum Gasteiger partial charge on any atom is 0.276 e. The number of aryl methyl sites for hydroxylation is 1. The van der Waals surface area contributed by atoms with Gasteiger partial charge in [0.2, 0.25) is 0 Å². The fourth-order valence-corrected chi connectivity index (χ4v) is 1.63. The molecule has 5 nitrogen and oxygen atoms in total. The van der Waals surface area contributed by atoms with Gasteiger partial charge in [0.1, 0.15) is 5.75 Å². The van der Waals surface area contributed by atoms with Crippen molar-refractivity contribution in [3.05, 3.63) is 47.8 Å². The van der Waals surface area contributed by atoms with Gasteiger partial charge in [-0.1, -0.05) is 12.1 Å². The van der Waals surface area contributed by atoms with Crippen molar-refractivity contribution < 1.29 is 9.53 Å². The van der Waals surface area contributed by atoms with Crippen LogP contribution in [0.3, 0.4) is 0 Å². The molecule has 2 aromatic rings. The summed E-state index contributed by atoms with van der Waals surface area (Å²) in [6.07, 6.45) is 0.0345. The summed E-state index contributed by atoms with van der Waals surface area (Å²) in [7, 11) is 0. The van der Waals surface area contributed by atoms with Crippen molar-refractivity contribution in [1.82, 2.24) is 10.2 Å². The Bertz CT molecular complexity index is 594. The number of nitrogens with zero attached hydrogens (tertiary/aromatic N) is 2. The average molecular weight is 271 g/mol. The molecular weight excluding hydrogens is 254 g/mol. The Balaban J connectivity index is 2.17. The molecule has 1 N–H and O–H groups in total. The zero-order chi connectivity index (χ0) is 14.5. The number of hydrogen-bond donors (Lipinski definition) is 1. The maximum absolute atomic E-state index is 12.1. The molecule has 5 heteroatoms. The Morgan fingerprint density at radius 3 is 2.55 bits per heavy atom. The summed E-state index contributed by atoms with van der Waals surface area (Å²) in [5, 5.41) is 10.5. The van der Waals surface area contributed by atoms with Crippen LogP contribution in [-0.2, 0) is 0 Å². The largest absolute Gasteiger partial charge is 0.489 e. The molecule has 2 rings (SSSR count). The quantitative estimate of drug-likeness (QED) is 0.928. The molecule has 0 unspecified atom stereocenters. The number of carbonyl (C=O) groups is 1. The van der Waals surface area contributed by atoms with Crippen LogP contribution in [0.25, 0.3) is 0 Å². The SMILES string of the molecule is Cc1ccc(C(=O)Nc2ccccc2OC(C)C)nn1. The summed E-state index contributed by atoms with van der Waals surface area (Å²) >= 11 is 0. The van der Waals surface area contributed by atoms with Crippen molar-refractivity contribution in [2.45, 2.75) is 26.9 Å². The van der Waals surface area contributed by atoms with Gasteiger partial charge < -0.3 is 10.1 Å². The second-order valence-corrected chi connectivity index (χ2v) is 4.68. The number of hydrogen-bond acceptors (Lipinski definition) is 4. The summed E-state index contributed by atoms with van der Waals surface area (Å²) in [6, 6.07) is 10.7. The van der Waals surface area contributed by atoms with Gasteiger partial charge in [0, 0.05) is 0 Å². The lowest BCUT2D eigenvalue weighted by Gasteiger charge is -2.14. The van der Waals surface area contributed by atoms with Gasteiger partial charge in [-0.3, -0.25) is 4.79 Å². The molecule has 0 fully saturated rings. The summed E-state index contributed by atoms with van der Waals surface area (Å²) in [5.74, 6) is 0.327. The lowest BCUT2D eigenvalue weighted by molar-refractivity contribution is 0.102. The van der Waals surface area contributed by atoms with Gasteiger partial charge in [0.05, 0.1) is 17.5 Å². The van der Waals surface area contributed by atoms with Crippen LogP contribution in [0, 0.1) is 6.92 Å². The van der Waals surface area contributed by atoms with E-state index in [0.717, 1.165) is 5.69 Å². The third-order valence-electron chi connectivity index (χ3n) is 2.53. The van der Waals surface area contributed by atoms with Gasteiger partial charge in [-0.25, -0.2) is 0 Å². The van der Waals surface area contributed by atoms with Crippen LogP contribution >= 0.6 is 0 Å². The van der Waals surface area contributed by atoms with E-state index in [1.807, 2.05) is 39.0 Å². The molecule has 0 atom stereocenters. The highest BCUT2D eigenvalue weighted by Crippen LogP contribution is 2.25. The monoisotopic (exact) mass is 271 g/mol. The zero-order valence-corrected chi connectivity index (χ0v) is 11.8. The fourth-order valence-electron chi connectivity index (χ4n) is 1.63. The second-order valence-electron chi connectivity index (χ2n) is 4.68. The molecule has 1 aromatic carbocycles. The summed E-state index contributed by atoms with van der Waals surface area (Å²) in [4.78, 5) is 12.1. The number of ether oxygens (including phenoxy) is 1. The van der Waals surface area contributed by atoms with E-state index < -0.39 is 0 Å². The standard InChI is InChI=1S/C15H17N3O2/c1-10(2)20-14-7-5-4-6-12(14)16-15(19)13-9-8-11(3)17-18-13/h4-10H,1-3H3,(H,16,19). The first-order valence-electron chi connectivity index (χ1n) is 6.43. The smallest absolute Gasteiger partial charge is 0.276 e. The van der Waals surface area contributed by atoms with E-state index in [0.29, 0.717) is 11.4 Å². The molecule has 0 aliphatic carbocycles. The van der Waals surface area contributed by atoms with Gasteiger partial charge in [-0.2, -0.15) is 5.10 Å². The van der Waals surface area contributed by atoms with E-state index in [2.05, 4.69) is 15.5 Å². The van der Waals surface area contributed by atoms with Crippen molar-refractivity contribution in [2.24, 2.45) is 0 Å². The van der Waals surface area contributed by atoms with Crippen molar-refractivity contribution >= 4 is 11.6 Å². The number of nitrogens with one attached hydrogen (secondary N) is 1. The lowest BCUT2D eigenvalue weighted by atomic mass is 10.2. The molecule has 104 valence electrons. The van der Waals surface area contributed by atoms with Gasteiger partial charge in [-0.05, 0) is 45.0 Å². The minimum absolute atomic E-state index is 0.0345. The molecule has 0 aliphatic rings. The summed E-state index contributed by atoms with van der Waals surface area (Å²) in [5.41, 5.74) is 1.66. The normalized spacial score (nSPS) is 10.4. The Morgan fingerprint density at radius 1 is 1.15 bits per heavy atom. The minimum atomic E-state index is -0.308. The van der Waals surface area contributed by atoms with Crippen molar-refractivity contribution in [3.63, 3.8) is 0 Å². The highest BCUT2D eigenvalue weighted by atomic mass is 16.5. The third-order valence-corrected chi connectivity index (χ3v) is 2.53. The molecule has 0 saturated carbocycles. The van der Waals surface area contributed by atoms with Crippen LogP contribution in [0.1, 0.15) is 30.0 Å². The number of aromatic nitrogens is 2. The fraction of sp³-hybridized carbons (Fsp3) is 0.267. The number of para-hydroxylation sites is 2. The van der Waals surface area contributed by atoms with Crippen molar-refractivity contribution in [2.75, 3.05) is 5.32 Å². The number of benzene rings is 1. The summed E-state index contributed by atoms with van der Waals surface area (Å²) in [6.45, 7) is 5.69. The molecule has 0 bridgehead atoms. The summed E-state index contributed by atoms with van der Waals surface area (Å²) < 4.78 is 5.65. The molecular formula is C15H17N3O2. The van der Waals surface area contributed by atoms with Crippen LogP contribution in [0.15, 0.2) is 36.4 Å². The second kappa shape index (κ2) is 6.14. The van der Waals surface area contributed by atoms with E-state index in [-0.39, 0.29) is 17.7 Å². The number of rotatable bonds is 4. The lowest BCUT2D eigenvalue weighted by Crippen LogP contribution is -2.16. The third kappa shape index (κ3) is 3.54. The Labute approximate surface area is 118 Å². The first-order valence-corrected chi connectivity index (χ1v) is 6.43. The maximum atomic E-state index is 12.1. The molecule has 0 radical (unpaired) electrons. The Kier molecular flexibility index (Phi) is 4.30. The minimum Gasteiger partial charge on any atom is -0.489 e. The van der Waals surface area contributed by atoms with Crippen LogP contribution < -0.4 is 10.1 Å². The topological polar surface area (TPSA) is 64.1 Å². The molecule has 0 aliphatic heterocycles. The number of amides is 1. The van der Waals surface area contributed by atoms with Crippen molar-refractivity contribution in [1.29, 1.82) is 0 Å². The Hall–Kier alpha value is -2.43. The van der Waals surface area contributed by atoms with Crippen LogP contribution in [0.5, 0.6) is 5.75 Å². The average Bonchev–Trinajstić information content (AvgIpc) is 2.41. The molecule has 1 heterocycles. The zero-order valence-electron chi connectivity index (χ0n) is 11.8. The first-order chi connectivity index (χ1) is 9.56. The first kappa shape index (κ1) is 14.0. The van der Waals surface area contributed by atoms with E-state index >= 15 is 0 Å². The Morgan fingerprint density at radius 2 is 1.90 bits per heavy atom. The van der Waals surface area contributed by atoms with E-state index in [1.54, 1.807) is 18.2 Å². The van der Waals surface area contributed by atoms with Gasteiger partial charge >= 0.3 is 0 Å². The predicted molar refractivity (Wildman–Crippen MR) is 76.9 cm³/mol. The van der Waals surface area contributed by atoms with Gasteiger partial charge in [0.25, 0.3) is 5.91 Å². The van der Waals surface area contributed by atoms with Gasteiger partial charge in [0.15, 0.2) is 5.69 Å². The van der Waals surface area contributed by atoms with Crippen molar-refractivity contribution in [3.8, 4) is 5.75 Å². The highest BCUT2D eigenvalue weighted by molar-refractivity contribution is 6.03. The molecule has 20 heavy (non-hydrogen) atoms. The molecule has 1 amide bonds. The van der Waals surface area contributed by atoms with E-state index in [1.165, 1.54) is 0 Å². The van der Waals surface area contributed by atoms with Crippen LogP contribution in [0.4, 0.5) is 5.69 Å². The van der Waals surface area contributed by atoms with Gasteiger partial charge in [-0.15, -0.1) is 5.10 Å². The molecule has 1 aromatic heterocycles. The van der Waals surface area contributed by atoms with E-state index in [4.69, 9.17) is 4.74 Å². The number of carbonyl (C=O) groups excluding carboxylic acids is 1. The number of anilines is 1. The highest BCUT2D eigenvalue weighted by Gasteiger charge is 2.11.